The maximum atomic E-state index is 13.9. The van der Waals surface area contributed by atoms with E-state index in [9.17, 15) is 18.0 Å². The van der Waals surface area contributed by atoms with Crippen LogP contribution in [0.2, 0.25) is 0 Å². The van der Waals surface area contributed by atoms with Gasteiger partial charge in [0.15, 0.2) is 0 Å². The van der Waals surface area contributed by atoms with E-state index in [1.165, 1.54) is 6.08 Å². The number of nitrogens with one attached hydrogen (secondary N) is 2. The molecule has 8 nitrogen and oxygen atoms in total. The number of amides is 3. The van der Waals surface area contributed by atoms with Crippen LogP contribution in [0.15, 0.2) is 43.0 Å². The Hall–Kier alpha value is -2.39. The van der Waals surface area contributed by atoms with E-state index in [2.05, 4.69) is 17.2 Å². The molecule has 0 unspecified atom stereocenters. The monoisotopic (exact) mass is 504 g/mol. The molecule has 3 rings (SSSR count). The van der Waals surface area contributed by atoms with Crippen molar-refractivity contribution in [1.82, 2.24) is 19.8 Å². The standard InChI is InChI=1S/C26H40N4O4S/c1-6-23(31)28-21-18-25(2,3)30(26(4,5)19-21)35(33,34)22-13-16-29(17-14-22)24(32)27-15-12-20-10-8-7-9-11-20/h6-11,21-22H,1,12-19H2,2-5H3,(H,27,32)(H,28,31). The third-order valence-corrected chi connectivity index (χ3v) is 9.87. The van der Waals surface area contributed by atoms with Gasteiger partial charge >= 0.3 is 6.03 Å². The van der Waals surface area contributed by atoms with Gasteiger partial charge in [-0.15, -0.1) is 0 Å². The van der Waals surface area contributed by atoms with Crippen molar-refractivity contribution < 1.29 is 18.0 Å². The van der Waals surface area contributed by atoms with Gasteiger partial charge in [-0.3, -0.25) is 4.79 Å². The fourth-order valence-corrected chi connectivity index (χ4v) is 8.52. The topological polar surface area (TPSA) is 98.8 Å². The Bertz CT molecular complexity index is 997. The molecule has 3 amide bonds. The van der Waals surface area contributed by atoms with Crippen molar-refractivity contribution >= 4 is 22.0 Å². The normalized spacial score (nSPS) is 21.3. The predicted octanol–water partition coefficient (Wildman–Crippen LogP) is 3.06. The second kappa shape index (κ2) is 10.7. The second-order valence-corrected chi connectivity index (χ2v) is 13.0. The maximum Gasteiger partial charge on any atom is 0.317 e. The zero-order valence-electron chi connectivity index (χ0n) is 21.4. The van der Waals surface area contributed by atoms with Gasteiger partial charge < -0.3 is 15.5 Å². The third kappa shape index (κ3) is 6.44. The SMILES string of the molecule is C=CC(=O)NC1CC(C)(C)N(S(=O)(=O)C2CCN(C(=O)NCCc3ccccc3)CC2)C(C)(C)C1. The van der Waals surface area contributed by atoms with Gasteiger partial charge in [0.05, 0.1) is 5.25 Å². The fraction of sp³-hybridized carbons (Fsp3) is 0.615. The second-order valence-electron chi connectivity index (χ2n) is 10.9. The van der Waals surface area contributed by atoms with Crippen LogP contribution >= 0.6 is 0 Å². The van der Waals surface area contributed by atoms with Crippen molar-refractivity contribution in [2.75, 3.05) is 19.6 Å². The molecular formula is C26H40N4O4S. The van der Waals surface area contributed by atoms with E-state index in [1.807, 2.05) is 58.0 Å². The van der Waals surface area contributed by atoms with Gasteiger partial charge in [0.25, 0.3) is 0 Å². The molecule has 9 heteroatoms. The number of hydrogen-bond acceptors (Lipinski definition) is 4. The molecule has 0 saturated carbocycles. The minimum Gasteiger partial charge on any atom is -0.350 e. The molecule has 2 aliphatic heterocycles. The summed E-state index contributed by atoms with van der Waals surface area (Å²) < 4.78 is 29.4. The highest BCUT2D eigenvalue weighted by Gasteiger charge is 2.53. The lowest BCUT2D eigenvalue weighted by atomic mass is 9.79. The number of nitrogens with zero attached hydrogens (tertiary/aromatic N) is 2. The first-order chi connectivity index (χ1) is 16.4. The summed E-state index contributed by atoms with van der Waals surface area (Å²) in [6.07, 6.45) is 3.87. The summed E-state index contributed by atoms with van der Waals surface area (Å²) >= 11 is 0. The highest BCUT2D eigenvalue weighted by Crippen LogP contribution is 2.42. The van der Waals surface area contributed by atoms with Crippen LogP contribution in [0.4, 0.5) is 4.79 Å². The lowest BCUT2D eigenvalue weighted by molar-refractivity contribution is -0.118. The van der Waals surface area contributed by atoms with Gasteiger partial charge in [-0.1, -0.05) is 36.9 Å². The lowest BCUT2D eigenvalue weighted by Crippen LogP contribution is -2.67. The number of likely N-dealkylation sites (tertiary alicyclic amines) is 1. The van der Waals surface area contributed by atoms with E-state index in [4.69, 9.17) is 0 Å². The molecule has 2 heterocycles. The molecule has 2 aliphatic rings. The van der Waals surface area contributed by atoms with Crippen molar-refractivity contribution in [2.45, 2.75) is 82.2 Å². The zero-order chi connectivity index (χ0) is 25.9. The number of urea groups is 1. The Kier molecular flexibility index (Phi) is 8.32. The van der Waals surface area contributed by atoms with Gasteiger partial charge in [-0.2, -0.15) is 4.31 Å². The van der Waals surface area contributed by atoms with Crippen LogP contribution in [-0.4, -0.2) is 71.6 Å². The Morgan fingerprint density at radius 3 is 2.17 bits per heavy atom. The zero-order valence-corrected chi connectivity index (χ0v) is 22.2. The number of carbonyl (C=O) groups excluding carboxylic acids is 2. The summed E-state index contributed by atoms with van der Waals surface area (Å²) in [4.78, 5) is 26.2. The Morgan fingerprint density at radius 2 is 1.63 bits per heavy atom. The summed E-state index contributed by atoms with van der Waals surface area (Å²) in [6, 6.07) is 9.71. The first-order valence-corrected chi connectivity index (χ1v) is 13.9. The first kappa shape index (κ1) is 27.2. The van der Waals surface area contributed by atoms with Crippen molar-refractivity contribution in [2.24, 2.45) is 0 Å². The average Bonchev–Trinajstić information content (AvgIpc) is 2.77. The van der Waals surface area contributed by atoms with Crippen LogP contribution in [0, 0.1) is 0 Å². The molecule has 35 heavy (non-hydrogen) atoms. The van der Waals surface area contributed by atoms with Crippen molar-refractivity contribution in [3.8, 4) is 0 Å². The van der Waals surface area contributed by atoms with Gasteiger partial charge in [0.2, 0.25) is 15.9 Å². The highest BCUT2D eigenvalue weighted by molar-refractivity contribution is 7.89. The van der Waals surface area contributed by atoms with Crippen LogP contribution < -0.4 is 10.6 Å². The van der Waals surface area contributed by atoms with Crippen molar-refractivity contribution in [1.29, 1.82) is 0 Å². The third-order valence-electron chi connectivity index (χ3n) is 7.06. The van der Waals surface area contributed by atoms with Crippen LogP contribution in [-0.2, 0) is 21.2 Å². The molecule has 2 N–H and O–H groups in total. The number of carbonyl (C=O) groups is 2. The molecule has 0 radical (unpaired) electrons. The Balaban J connectivity index is 1.59. The van der Waals surface area contributed by atoms with Crippen LogP contribution in [0.25, 0.3) is 0 Å². The number of piperidine rings is 2. The molecule has 0 aliphatic carbocycles. The van der Waals surface area contributed by atoms with Crippen molar-refractivity contribution in [3.63, 3.8) is 0 Å². The summed E-state index contributed by atoms with van der Waals surface area (Å²) in [5.74, 6) is -0.243. The molecule has 1 aromatic carbocycles. The lowest BCUT2D eigenvalue weighted by Gasteiger charge is -2.55. The van der Waals surface area contributed by atoms with E-state index in [0.29, 0.717) is 45.3 Å². The quantitative estimate of drug-likeness (QED) is 0.558. The van der Waals surface area contributed by atoms with Gasteiger partial charge in [-0.05, 0) is 71.4 Å². The minimum absolute atomic E-state index is 0.127. The van der Waals surface area contributed by atoms with E-state index in [0.717, 1.165) is 12.0 Å². The number of rotatable bonds is 7. The molecule has 194 valence electrons. The number of hydrogen-bond donors (Lipinski definition) is 2. The number of benzene rings is 1. The first-order valence-electron chi connectivity index (χ1n) is 12.4. The smallest absolute Gasteiger partial charge is 0.317 e. The molecule has 2 fully saturated rings. The largest absolute Gasteiger partial charge is 0.350 e. The molecule has 0 spiro atoms. The number of sulfonamides is 1. The van der Waals surface area contributed by atoms with Crippen LogP contribution in [0.5, 0.6) is 0 Å². The van der Waals surface area contributed by atoms with Gasteiger partial charge in [0, 0.05) is 36.8 Å². The predicted molar refractivity (Wildman–Crippen MR) is 138 cm³/mol. The molecule has 2 saturated heterocycles. The van der Waals surface area contributed by atoms with Crippen LogP contribution in [0.3, 0.4) is 0 Å². The molecule has 0 bridgehead atoms. The minimum atomic E-state index is -3.62. The van der Waals surface area contributed by atoms with Crippen molar-refractivity contribution in [3.05, 3.63) is 48.6 Å². The van der Waals surface area contributed by atoms with Gasteiger partial charge in [0.1, 0.15) is 0 Å². The van der Waals surface area contributed by atoms with E-state index in [-0.39, 0.29) is 18.0 Å². The summed E-state index contributed by atoms with van der Waals surface area (Å²) in [7, 11) is -3.62. The van der Waals surface area contributed by atoms with E-state index in [1.54, 1.807) is 9.21 Å². The molecule has 0 atom stereocenters. The summed E-state index contributed by atoms with van der Waals surface area (Å²) in [5, 5.41) is 5.37. The molecule has 0 aromatic heterocycles. The maximum absolute atomic E-state index is 13.9. The molecule has 1 aromatic rings. The van der Waals surface area contributed by atoms with Gasteiger partial charge in [-0.25, -0.2) is 13.2 Å². The Labute approximate surface area is 210 Å². The van der Waals surface area contributed by atoms with E-state index >= 15 is 0 Å². The fourth-order valence-electron chi connectivity index (χ4n) is 5.89. The summed E-state index contributed by atoms with van der Waals surface area (Å²) in [6.45, 7) is 12.6. The molecular weight excluding hydrogens is 464 g/mol. The summed E-state index contributed by atoms with van der Waals surface area (Å²) in [5.41, 5.74) is -0.159. The van der Waals surface area contributed by atoms with Crippen LogP contribution in [0.1, 0.15) is 58.9 Å². The highest BCUT2D eigenvalue weighted by atomic mass is 32.2. The average molecular weight is 505 g/mol. The van der Waals surface area contributed by atoms with E-state index < -0.39 is 26.4 Å². The Morgan fingerprint density at radius 1 is 1.06 bits per heavy atom.